The standard InChI is InChI=1S/C20H26N6O/c21-18(25-9-11-26(12-10-25)19-22-7-4-8-23-19)24-14-20(15-27)13-17(20)16-5-2-1-3-6-16/h1-8,17,27H,9-15H2,(H2,21,24). The number of aliphatic imine (C=N–C) groups is 1. The summed E-state index contributed by atoms with van der Waals surface area (Å²) in [6.07, 6.45) is 4.48. The summed E-state index contributed by atoms with van der Waals surface area (Å²) in [5.41, 5.74) is 7.36. The number of anilines is 1. The smallest absolute Gasteiger partial charge is 0.225 e. The minimum atomic E-state index is -0.161. The van der Waals surface area contributed by atoms with Gasteiger partial charge in [0.15, 0.2) is 5.96 Å². The Morgan fingerprint density at radius 2 is 1.81 bits per heavy atom. The Hall–Kier alpha value is -2.67. The first-order valence-electron chi connectivity index (χ1n) is 9.44. The van der Waals surface area contributed by atoms with Crippen LogP contribution in [0.2, 0.25) is 0 Å². The van der Waals surface area contributed by atoms with E-state index in [1.165, 1.54) is 5.56 Å². The molecule has 2 heterocycles. The fraction of sp³-hybridized carbons (Fsp3) is 0.450. The molecule has 142 valence electrons. The van der Waals surface area contributed by atoms with Crippen LogP contribution in [0.5, 0.6) is 0 Å². The molecule has 0 amide bonds. The molecule has 7 heteroatoms. The van der Waals surface area contributed by atoms with E-state index in [1.807, 2.05) is 24.3 Å². The Kier molecular flexibility index (Phi) is 4.94. The molecule has 27 heavy (non-hydrogen) atoms. The van der Waals surface area contributed by atoms with E-state index in [2.05, 4.69) is 36.9 Å². The van der Waals surface area contributed by atoms with Crippen molar-refractivity contribution >= 4 is 11.9 Å². The van der Waals surface area contributed by atoms with E-state index in [9.17, 15) is 5.11 Å². The monoisotopic (exact) mass is 366 g/mol. The fourth-order valence-corrected chi connectivity index (χ4v) is 3.83. The van der Waals surface area contributed by atoms with E-state index in [4.69, 9.17) is 5.73 Å². The van der Waals surface area contributed by atoms with E-state index < -0.39 is 0 Å². The highest BCUT2D eigenvalue weighted by Gasteiger charge is 2.54. The van der Waals surface area contributed by atoms with Gasteiger partial charge in [0.05, 0.1) is 13.2 Å². The molecule has 7 nitrogen and oxygen atoms in total. The van der Waals surface area contributed by atoms with Gasteiger partial charge in [-0.3, -0.25) is 4.99 Å². The second kappa shape index (κ2) is 7.52. The van der Waals surface area contributed by atoms with E-state index in [0.717, 1.165) is 38.5 Å². The SMILES string of the molecule is NC(=NCC1(CO)CC1c1ccccc1)N1CCN(c2ncccn2)CC1. The minimum absolute atomic E-state index is 0.141. The Bertz CT molecular complexity index is 776. The molecule has 1 saturated carbocycles. The van der Waals surface area contributed by atoms with Crippen molar-refractivity contribution in [3.8, 4) is 0 Å². The number of nitrogens with two attached hydrogens (primary N) is 1. The lowest BCUT2D eigenvalue weighted by atomic mass is 10.00. The summed E-state index contributed by atoms with van der Waals surface area (Å²) in [6.45, 7) is 3.93. The highest BCUT2D eigenvalue weighted by atomic mass is 16.3. The lowest BCUT2D eigenvalue weighted by Crippen LogP contribution is -2.51. The number of hydrogen-bond donors (Lipinski definition) is 2. The van der Waals surface area contributed by atoms with Crippen molar-refractivity contribution in [2.45, 2.75) is 12.3 Å². The molecular formula is C20H26N6O. The first-order valence-corrected chi connectivity index (χ1v) is 9.44. The van der Waals surface area contributed by atoms with Gasteiger partial charge in [0.2, 0.25) is 5.95 Å². The number of piperazine rings is 1. The van der Waals surface area contributed by atoms with Crippen molar-refractivity contribution < 1.29 is 5.11 Å². The molecule has 0 radical (unpaired) electrons. The zero-order chi connectivity index (χ0) is 18.7. The number of nitrogens with zero attached hydrogens (tertiary/aromatic N) is 5. The Morgan fingerprint density at radius 3 is 2.48 bits per heavy atom. The topological polar surface area (TPSA) is 90.9 Å². The maximum absolute atomic E-state index is 9.93. The Morgan fingerprint density at radius 1 is 1.11 bits per heavy atom. The van der Waals surface area contributed by atoms with Crippen LogP contribution in [0.4, 0.5) is 5.95 Å². The molecule has 1 aromatic heterocycles. The van der Waals surface area contributed by atoms with E-state index in [-0.39, 0.29) is 12.0 Å². The van der Waals surface area contributed by atoms with Gasteiger partial charge in [-0.1, -0.05) is 30.3 Å². The van der Waals surface area contributed by atoms with Crippen LogP contribution >= 0.6 is 0 Å². The number of aliphatic hydroxyl groups excluding tert-OH is 1. The molecule has 2 unspecified atom stereocenters. The number of aromatic nitrogens is 2. The molecule has 2 fully saturated rings. The largest absolute Gasteiger partial charge is 0.396 e. The molecule has 0 spiro atoms. The second-order valence-corrected chi connectivity index (χ2v) is 7.39. The number of rotatable bonds is 5. The maximum atomic E-state index is 9.93. The third-order valence-electron chi connectivity index (χ3n) is 5.70. The molecule has 2 aromatic rings. The molecule has 4 rings (SSSR count). The number of aliphatic hydroxyl groups is 1. The summed E-state index contributed by atoms with van der Waals surface area (Å²) in [6, 6.07) is 12.2. The van der Waals surface area contributed by atoms with Crippen molar-refractivity contribution in [2.75, 3.05) is 44.2 Å². The summed E-state index contributed by atoms with van der Waals surface area (Å²) in [4.78, 5) is 17.5. The van der Waals surface area contributed by atoms with Crippen LogP contribution in [0.25, 0.3) is 0 Å². The summed E-state index contributed by atoms with van der Waals surface area (Å²) in [7, 11) is 0. The van der Waals surface area contributed by atoms with Gasteiger partial charge in [-0.25, -0.2) is 9.97 Å². The first-order chi connectivity index (χ1) is 13.2. The van der Waals surface area contributed by atoms with Gasteiger partial charge in [-0.2, -0.15) is 0 Å². The summed E-state index contributed by atoms with van der Waals surface area (Å²) < 4.78 is 0. The fourth-order valence-electron chi connectivity index (χ4n) is 3.83. The normalized spacial score (nSPS) is 25.5. The number of guanidine groups is 1. The molecule has 2 aliphatic rings. The van der Waals surface area contributed by atoms with Crippen molar-refractivity contribution in [1.82, 2.24) is 14.9 Å². The van der Waals surface area contributed by atoms with Crippen molar-refractivity contribution in [3.63, 3.8) is 0 Å². The van der Waals surface area contributed by atoms with Gasteiger partial charge in [0, 0.05) is 44.0 Å². The Balaban J connectivity index is 1.34. The molecule has 0 bridgehead atoms. The second-order valence-electron chi connectivity index (χ2n) is 7.39. The summed E-state index contributed by atoms with van der Waals surface area (Å²) in [5, 5.41) is 9.93. The van der Waals surface area contributed by atoms with E-state index in [1.54, 1.807) is 12.4 Å². The van der Waals surface area contributed by atoms with Crippen molar-refractivity contribution in [1.29, 1.82) is 0 Å². The highest BCUT2D eigenvalue weighted by Crippen LogP contribution is 2.59. The average molecular weight is 366 g/mol. The maximum Gasteiger partial charge on any atom is 0.225 e. The van der Waals surface area contributed by atoms with Crippen LogP contribution in [0.15, 0.2) is 53.8 Å². The van der Waals surface area contributed by atoms with Crippen LogP contribution in [0, 0.1) is 5.41 Å². The van der Waals surface area contributed by atoms with Crippen molar-refractivity contribution in [2.24, 2.45) is 16.1 Å². The first kappa shape index (κ1) is 17.7. The lowest BCUT2D eigenvalue weighted by molar-refractivity contribution is 0.211. The van der Waals surface area contributed by atoms with Gasteiger partial charge in [0.1, 0.15) is 0 Å². The van der Waals surface area contributed by atoms with Gasteiger partial charge < -0.3 is 20.6 Å². The van der Waals surface area contributed by atoms with Crippen molar-refractivity contribution in [3.05, 3.63) is 54.4 Å². The predicted molar refractivity (Wildman–Crippen MR) is 106 cm³/mol. The molecule has 2 atom stereocenters. The minimum Gasteiger partial charge on any atom is -0.396 e. The zero-order valence-corrected chi connectivity index (χ0v) is 15.4. The molecular weight excluding hydrogens is 340 g/mol. The van der Waals surface area contributed by atoms with Crippen LogP contribution < -0.4 is 10.6 Å². The third kappa shape index (κ3) is 3.73. The summed E-state index contributed by atoms with van der Waals surface area (Å²) >= 11 is 0. The van der Waals surface area contributed by atoms with Crippen LogP contribution in [0.1, 0.15) is 17.9 Å². The van der Waals surface area contributed by atoms with E-state index >= 15 is 0 Å². The van der Waals surface area contributed by atoms with Crippen LogP contribution in [-0.2, 0) is 0 Å². The lowest BCUT2D eigenvalue weighted by Gasteiger charge is -2.35. The number of hydrogen-bond acceptors (Lipinski definition) is 5. The van der Waals surface area contributed by atoms with Gasteiger partial charge in [-0.05, 0) is 24.0 Å². The molecule has 1 saturated heterocycles. The summed E-state index contributed by atoms with van der Waals surface area (Å²) in [5.74, 6) is 1.69. The highest BCUT2D eigenvalue weighted by molar-refractivity contribution is 5.78. The number of benzene rings is 1. The Labute approximate surface area is 159 Å². The van der Waals surface area contributed by atoms with Gasteiger partial charge in [0.25, 0.3) is 0 Å². The molecule has 1 aromatic carbocycles. The van der Waals surface area contributed by atoms with Crippen LogP contribution in [0.3, 0.4) is 0 Å². The van der Waals surface area contributed by atoms with Gasteiger partial charge >= 0.3 is 0 Å². The molecule has 1 aliphatic carbocycles. The third-order valence-corrected chi connectivity index (χ3v) is 5.70. The molecule has 1 aliphatic heterocycles. The zero-order valence-electron chi connectivity index (χ0n) is 15.4. The predicted octanol–water partition coefficient (Wildman–Crippen LogP) is 1.08. The average Bonchev–Trinajstić information content (AvgIpc) is 3.48. The molecule has 3 N–H and O–H groups in total. The van der Waals surface area contributed by atoms with E-state index in [0.29, 0.717) is 18.4 Å². The quantitative estimate of drug-likeness (QED) is 0.608. The van der Waals surface area contributed by atoms with Crippen LogP contribution in [-0.4, -0.2) is 65.3 Å². The van der Waals surface area contributed by atoms with Gasteiger partial charge in [-0.15, -0.1) is 0 Å².